The highest BCUT2D eigenvalue weighted by Gasteiger charge is 2.09. The lowest BCUT2D eigenvalue weighted by Crippen LogP contribution is -2.16. The van der Waals surface area contributed by atoms with Gasteiger partial charge in [0.1, 0.15) is 0 Å². The van der Waals surface area contributed by atoms with Crippen LogP contribution in [0.1, 0.15) is 23.6 Å². The molecule has 3 aromatic carbocycles. The molecule has 0 saturated heterocycles. The summed E-state index contributed by atoms with van der Waals surface area (Å²) in [5.74, 6) is 1.37. The number of hydrogen-bond acceptors (Lipinski definition) is 2. The lowest BCUT2D eigenvalue weighted by molar-refractivity contribution is -0.113. The van der Waals surface area contributed by atoms with Crippen LogP contribution in [0.15, 0.2) is 60.7 Å². The number of para-hydroxylation sites is 1. The number of carbonyl (C=O) groups excluding carboxylic acids is 1. The largest absolute Gasteiger partial charge is 0.325 e. The number of benzene rings is 3. The summed E-state index contributed by atoms with van der Waals surface area (Å²) in [4.78, 5) is 12.3. The van der Waals surface area contributed by atoms with E-state index in [0.717, 1.165) is 23.4 Å². The van der Waals surface area contributed by atoms with Gasteiger partial charge in [0, 0.05) is 11.4 Å². The molecule has 3 heteroatoms. The molecule has 0 aliphatic rings. The third kappa shape index (κ3) is 4.43. The normalized spacial score (nSPS) is 10.8. The minimum absolute atomic E-state index is 0.0646. The van der Waals surface area contributed by atoms with Gasteiger partial charge in [0.25, 0.3) is 0 Å². The van der Waals surface area contributed by atoms with E-state index in [1.165, 1.54) is 21.9 Å². The number of rotatable bonds is 6. The molecule has 0 bridgehead atoms. The Hall–Kier alpha value is -2.26. The predicted molar refractivity (Wildman–Crippen MR) is 109 cm³/mol. The van der Waals surface area contributed by atoms with E-state index >= 15 is 0 Å². The van der Waals surface area contributed by atoms with Crippen LogP contribution in [0, 0.1) is 6.92 Å². The van der Waals surface area contributed by atoms with Crippen LogP contribution in [-0.4, -0.2) is 11.7 Å². The van der Waals surface area contributed by atoms with Crippen molar-refractivity contribution in [3.8, 4) is 0 Å². The average molecular weight is 349 g/mol. The summed E-state index contributed by atoms with van der Waals surface area (Å²) in [5, 5.41) is 5.58. The zero-order chi connectivity index (χ0) is 17.6. The van der Waals surface area contributed by atoms with Gasteiger partial charge in [0.05, 0.1) is 5.75 Å². The van der Waals surface area contributed by atoms with Crippen molar-refractivity contribution in [2.24, 2.45) is 0 Å². The lowest BCUT2D eigenvalue weighted by Gasteiger charge is -2.13. The Morgan fingerprint density at radius 1 is 1.00 bits per heavy atom. The molecule has 0 heterocycles. The van der Waals surface area contributed by atoms with E-state index in [4.69, 9.17) is 0 Å². The first-order valence-corrected chi connectivity index (χ1v) is 9.76. The molecule has 2 nitrogen and oxygen atoms in total. The van der Waals surface area contributed by atoms with E-state index in [1.54, 1.807) is 11.8 Å². The molecule has 0 radical (unpaired) electrons. The molecule has 25 heavy (non-hydrogen) atoms. The second kappa shape index (κ2) is 8.21. The number of hydrogen-bond donors (Lipinski definition) is 1. The molecule has 0 aliphatic heterocycles. The number of carbonyl (C=O) groups is 1. The molecule has 0 atom stereocenters. The van der Waals surface area contributed by atoms with E-state index in [0.29, 0.717) is 5.75 Å². The molecule has 0 saturated carbocycles. The summed E-state index contributed by atoms with van der Waals surface area (Å²) in [6.45, 7) is 4.15. The van der Waals surface area contributed by atoms with Gasteiger partial charge in [-0.15, -0.1) is 11.8 Å². The van der Waals surface area contributed by atoms with Crippen LogP contribution < -0.4 is 5.32 Å². The number of nitrogens with one attached hydrogen (secondary N) is 1. The average Bonchev–Trinajstić information content (AvgIpc) is 2.63. The van der Waals surface area contributed by atoms with Gasteiger partial charge in [0.2, 0.25) is 5.91 Å². The molecule has 0 fully saturated rings. The van der Waals surface area contributed by atoms with Crippen LogP contribution in [0.3, 0.4) is 0 Å². The van der Waals surface area contributed by atoms with Gasteiger partial charge in [-0.1, -0.05) is 67.6 Å². The first-order chi connectivity index (χ1) is 12.2. The third-order valence-corrected chi connectivity index (χ3v) is 5.32. The summed E-state index contributed by atoms with van der Waals surface area (Å²) in [6.07, 6.45) is 0.918. The lowest BCUT2D eigenvalue weighted by atomic mass is 10.1. The number of aryl methyl sites for hydroxylation is 2. The summed E-state index contributed by atoms with van der Waals surface area (Å²) >= 11 is 1.65. The van der Waals surface area contributed by atoms with Crippen LogP contribution in [0.25, 0.3) is 10.8 Å². The maximum Gasteiger partial charge on any atom is 0.234 e. The fourth-order valence-corrected chi connectivity index (χ4v) is 3.74. The number of anilines is 1. The maximum absolute atomic E-state index is 12.3. The van der Waals surface area contributed by atoms with Crippen molar-refractivity contribution in [2.75, 3.05) is 11.1 Å². The predicted octanol–water partition coefficient (Wildman–Crippen LogP) is 5.58. The van der Waals surface area contributed by atoms with Crippen molar-refractivity contribution >= 4 is 34.1 Å². The van der Waals surface area contributed by atoms with Gasteiger partial charge in [-0.2, -0.15) is 0 Å². The molecule has 1 amide bonds. The van der Waals surface area contributed by atoms with Gasteiger partial charge in [0.15, 0.2) is 0 Å². The van der Waals surface area contributed by atoms with E-state index in [-0.39, 0.29) is 5.91 Å². The SMILES string of the molecule is CCc1cccc(C)c1NC(=O)CSCc1ccc2ccccc2c1. The van der Waals surface area contributed by atoms with Crippen molar-refractivity contribution in [3.05, 3.63) is 77.4 Å². The molecular formula is C22H23NOS. The molecule has 0 unspecified atom stereocenters. The third-order valence-electron chi connectivity index (χ3n) is 4.32. The molecule has 0 aromatic heterocycles. The number of fused-ring (bicyclic) bond motifs is 1. The Labute approximate surface area is 153 Å². The van der Waals surface area contributed by atoms with E-state index in [9.17, 15) is 4.79 Å². The molecule has 0 spiro atoms. The quantitative estimate of drug-likeness (QED) is 0.629. The minimum Gasteiger partial charge on any atom is -0.325 e. The van der Waals surface area contributed by atoms with Gasteiger partial charge < -0.3 is 5.32 Å². The fraction of sp³-hybridized carbons (Fsp3) is 0.227. The second-order valence-corrected chi connectivity index (χ2v) is 7.17. The monoisotopic (exact) mass is 349 g/mol. The summed E-state index contributed by atoms with van der Waals surface area (Å²) < 4.78 is 0. The Morgan fingerprint density at radius 3 is 2.60 bits per heavy atom. The van der Waals surface area contributed by atoms with Gasteiger partial charge in [-0.05, 0) is 40.8 Å². The number of thioether (sulfide) groups is 1. The first-order valence-electron chi connectivity index (χ1n) is 8.61. The van der Waals surface area contributed by atoms with Crippen molar-refractivity contribution in [1.29, 1.82) is 0 Å². The summed E-state index contributed by atoms with van der Waals surface area (Å²) in [5.41, 5.74) is 4.53. The van der Waals surface area contributed by atoms with Crippen LogP contribution in [0.5, 0.6) is 0 Å². The fourth-order valence-electron chi connectivity index (χ4n) is 2.97. The van der Waals surface area contributed by atoms with Gasteiger partial charge >= 0.3 is 0 Å². The van der Waals surface area contributed by atoms with Crippen LogP contribution >= 0.6 is 11.8 Å². The van der Waals surface area contributed by atoms with Crippen LogP contribution in [0.4, 0.5) is 5.69 Å². The smallest absolute Gasteiger partial charge is 0.234 e. The molecule has 128 valence electrons. The second-order valence-electron chi connectivity index (χ2n) is 6.19. The highest BCUT2D eigenvalue weighted by atomic mass is 32.2. The zero-order valence-electron chi connectivity index (χ0n) is 14.7. The van der Waals surface area contributed by atoms with Crippen molar-refractivity contribution < 1.29 is 4.79 Å². The molecule has 1 N–H and O–H groups in total. The first kappa shape index (κ1) is 17.6. The van der Waals surface area contributed by atoms with Crippen LogP contribution in [-0.2, 0) is 17.0 Å². The van der Waals surface area contributed by atoms with Crippen molar-refractivity contribution in [3.63, 3.8) is 0 Å². The Morgan fingerprint density at radius 2 is 1.80 bits per heavy atom. The summed E-state index contributed by atoms with van der Waals surface area (Å²) in [6, 6.07) is 21.0. The van der Waals surface area contributed by atoms with Crippen molar-refractivity contribution in [1.82, 2.24) is 0 Å². The van der Waals surface area contributed by atoms with E-state index in [1.807, 2.05) is 19.1 Å². The van der Waals surface area contributed by atoms with E-state index < -0.39 is 0 Å². The Bertz CT molecular complexity index is 888. The van der Waals surface area contributed by atoms with E-state index in [2.05, 4.69) is 60.8 Å². The Balaban J connectivity index is 1.57. The number of amides is 1. The molecule has 3 aromatic rings. The molecule has 0 aliphatic carbocycles. The highest BCUT2D eigenvalue weighted by Crippen LogP contribution is 2.22. The molecule has 3 rings (SSSR count). The molecular weight excluding hydrogens is 326 g/mol. The maximum atomic E-state index is 12.3. The minimum atomic E-state index is 0.0646. The standard InChI is InChI=1S/C22H23NOS/c1-3-18-10-6-7-16(2)22(18)23-21(24)15-25-14-17-11-12-19-8-4-5-9-20(19)13-17/h4-13H,3,14-15H2,1-2H3,(H,23,24). The van der Waals surface area contributed by atoms with Crippen molar-refractivity contribution in [2.45, 2.75) is 26.0 Å². The van der Waals surface area contributed by atoms with Crippen LogP contribution in [0.2, 0.25) is 0 Å². The zero-order valence-corrected chi connectivity index (χ0v) is 15.5. The summed E-state index contributed by atoms with van der Waals surface area (Å²) in [7, 11) is 0. The van der Waals surface area contributed by atoms with Gasteiger partial charge in [-0.3, -0.25) is 4.79 Å². The Kier molecular flexibility index (Phi) is 5.77. The van der Waals surface area contributed by atoms with Gasteiger partial charge in [-0.25, -0.2) is 0 Å². The topological polar surface area (TPSA) is 29.1 Å². The highest BCUT2D eigenvalue weighted by molar-refractivity contribution is 7.99.